The highest BCUT2D eigenvalue weighted by molar-refractivity contribution is 8.18. The summed E-state index contributed by atoms with van der Waals surface area (Å²) in [5, 5.41) is 12.4. The zero-order valence-electron chi connectivity index (χ0n) is 22.0. The molecule has 43 heavy (non-hydrogen) atoms. The van der Waals surface area contributed by atoms with Gasteiger partial charge in [-0.1, -0.05) is 46.9 Å². The van der Waals surface area contributed by atoms with Crippen molar-refractivity contribution < 1.29 is 23.1 Å². The molecule has 0 unspecified atom stereocenters. The number of furan rings is 1. The van der Waals surface area contributed by atoms with Crippen molar-refractivity contribution in [3.63, 3.8) is 0 Å². The van der Waals surface area contributed by atoms with E-state index in [-0.39, 0.29) is 19.1 Å². The van der Waals surface area contributed by atoms with Gasteiger partial charge in [0.1, 0.15) is 17.3 Å². The number of hydrogen-bond donors (Lipinski definition) is 1. The third-order valence-electron chi connectivity index (χ3n) is 5.85. The number of amidine groups is 1. The van der Waals surface area contributed by atoms with Crippen LogP contribution in [0.15, 0.2) is 98.6 Å². The fraction of sp³-hybridized carbons (Fsp3) is 0.0667. The highest BCUT2D eigenvalue weighted by atomic mass is 35.5. The quantitative estimate of drug-likeness (QED) is 0.112. The van der Waals surface area contributed by atoms with Gasteiger partial charge in [-0.25, -0.2) is 4.39 Å². The summed E-state index contributed by atoms with van der Waals surface area (Å²) in [4.78, 5) is 27.7. The molecule has 0 bridgehead atoms. The van der Waals surface area contributed by atoms with Crippen LogP contribution < -0.4 is 10.1 Å². The minimum absolute atomic E-state index is 0.116. The van der Waals surface area contributed by atoms with E-state index in [9.17, 15) is 14.0 Å². The Bertz CT molecular complexity index is 1740. The monoisotopic (exact) mass is 656 g/mol. The number of carbonyl (C=O) groups excluding carboxylic acids is 2. The van der Waals surface area contributed by atoms with Gasteiger partial charge >= 0.3 is 0 Å². The van der Waals surface area contributed by atoms with Crippen LogP contribution in [-0.4, -0.2) is 34.7 Å². The maximum absolute atomic E-state index is 13.5. The van der Waals surface area contributed by atoms with E-state index < -0.39 is 11.7 Å². The van der Waals surface area contributed by atoms with Crippen LogP contribution in [0.3, 0.4) is 0 Å². The maximum atomic E-state index is 13.5. The number of amides is 2. The average Bonchev–Trinajstić information content (AvgIpc) is 3.60. The summed E-state index contributed by atoms with van der Waals surface area (Å²) < 4.78 is 24.4. The number of benzene rings is 3. The predicted octanol–water partition coefficient (Wildman–Crippen LogP) is 7.90. The molecule has 0 saturated carbocycles. The first-order valence-electron chi connectivity index (χ1n) is 12.5. The van der Waals surface area contributed by atoms with Gasteiger partial charge in [0.05, 0.1) is 34.0 Å². The van der Waals surface area contributed by atoms with Gasteiger partial charge in [0.15, 0.2) is 11.8 Å². The van der Waals surface area contributed by atoms with Gasteiger partial charge < -0.3 is 14.5 Å². The molecule has 1 fully saturated rings. The van der Waals surface area contributed by atoms with E-state index in [2.05, 4.69) is 15.5 Å². The van der Waals surface area contributed by atoms with Crippen molar-refractivity contribution in [2.45, 2.75) is 6.54 Å². The molecule has 1 saturated heterocycles. The molecular weight excluding hydrogens is 638 g/mol. The molecule has 1 N–H and O–H groups in total. The summed E-state index contributed by atoms with van der Waals surface area (Å²) in [6.45, 7) is -0.223. The Labute approximate surface area is 264 Å². The Morgan fingerprint density at radius 3 is 2.63 bits per heavy atom. The van der Waals surface area contributed by atoms with Crippen LogP contribution in [0.5, 0.6) is 5.75 Å². The summed E-state index contributed by atoms with van der Waals surface area (Å²) in [6, 6.07) is 18.8. The second kappa shape index (κ2) is 13.9. The number of ether oxygens (including phenoxy) is 1. The topological polar surface area (TPSA) is 96.5 Å². The second-order valence-corrected chi connectivity index (χ2v) is 11.1. The fourth-order valence-corrected chi connectivity index (χ4v) is 5.28. The van der Waals surface area contributed by atoms with Gasteiger partial charge in [0, 0.05) is 21.8 Å². The molecule has 0 aliphatic carbocycles. The lowest BCUT2D eigenvalue weighted by atomic mass is 10.2. The van der Waals surface area contributed by atoms with Gasteiger partial charge in [-0.2, -0.15) is 5.10 Å². The summed E-state index contributed by atoms with van der Waals surface area (Å²) >= 11 is 19.7. The SMILES string of the molecule is O=C(COc1ccc(Cl)cc1/C=C1\S/C(=N/N=C\c2cccc(Cl)c2Cl)N(Cc2ccco2)C1=O)Nc1ccc(F)cc1. The van der Waals surface area contributed by atoms with Gasteiger partial charge in [-0.15, -0.1) is 5.10 Å². The number of thioether (sulfide) groups is 1. The molecule has 218 valence electrons. The Morgan fingerprint density at radius 1 is 1.05 bits per heavy atom. The third-order valence-corrected chi connectivity index (χ3v) is 7.91. The molecule has 1 aliphatic heterocycles. The van der Waals surface area contributed by atoms with Gasteiger partial charge in [0.2, 0.25) is 0 Å². The van der Waals surface area contributed by atoms with E-state index in [0.29, 0.717) is 53.5 Å². The lowest BCUT2D eigenvalue weighted by molar-refractivity contribution is -0.122. The molecule has 2 heterocycles. The molecule has 0 atom stereocenters. The van der Waals surface area contributed by atoms with Crippen molar-refractivity contribution in [3.05, 3.63) is 122 Å². The molecule has 13 heteroatoms. The normalized spacial score (nSPS) is 15.2. The number of nitrogens with zero attached hydrogens (tertiary/aromatic N) is 3. The van der Waals surface area contributed by atoms with Crippen LogP contribution in [0.1, 0.15) is 16.9 Å². The van der Waals surface area contributed by atoms with Crippen molar-refractivity contribution in [2.75, 3.05) is 11.9 Å². The van der Waals surface area contributed by atoms with Crippen molar-refractivity contribution in [2.24, 2.45) is 10.2 Å². The van der Waals surface area contributed by atoms with Crippen LogP contribution in [0, 0.1) is 5.82 Å². The zero-order chi connectivity index (χ0) is 30.3. The highest BCUT2D eigenvalue weighted by Gasteiger charge is 2.34. The summed E-state index contributed by atoms with van der Waals surface area (Å²) in [6.07, 6.45) is 4.55. The number of carbonyl (C=O) groups is 2. The Balaban J connectivity index is 1.38. The third kappa shape index (κ3) is 7.85. The summed E-state index contributed by atoms with van der Waals surface area (Å²) in [5.74, 6) is -0.361. The lowest BCUT2D eigenvalue weighted by Gasteiger charge is -2.13. The number of hydrogen-bond acceptors (Lipinski definition) is 7. The van der Waals surface area contributed by atoms with E-state index in [4.69, 9.17) is 44.0 Å². The maximum Gasteiger partial charge on any atom is 0.267 e. The Morgan fingerprint density at radius 2 is 1.86 bits per heavy atom. The van der Waals surface area contributed by atoms with Crippen LogP contribution in [0.25, 0.3) is 6.08 Å². The average molecular weight is 658 g/mol. The van der Waals surface area contributed by atoms with E-state index in [1.165, 1.54) is 41.6 Å². The number of rotatable bonds is 9. The predicted molar refractivity (Wildman–Crippen MR) is 168 cm³/mol. The molecule has 1 aromatic heterocycles. The van der Waals surface area contributed by atoms with Crippen molar-refractivity contribution in [1.82, 2.24) is 4.90 Å². The first kappa shape index (κ1) is 30.4. The molecule has 3 aromatic carbocycles. The summed E-state index contributed by atoms with van der Waals surface area (Å²) in [7, 11) is 0. The van der Waals surface area contributed by atoms with Crippen LogP contribution >= 0.6 is 46.6 Å². The first-order valence-corrected chi connectivity index (χ1v) is 14.5. The zero-order valence-corrected chi connectivity index (χ0v) is 25.1. The Hall–Kier alpha value is -4.09. The highest BCUT2D eigenvalue weighted by Crippen LogP contribution is 2.36. The van der Waals surface area contributed by atoms with Crippen LogP contribution in [-0.2, 0) is 16.1 Å². The Kier molecular flexibility index (Phi) is 9.83. The van der Waals surface area contributed by atoms with Gasteiger partial charge in [-0.3, -0.25) is 14.5 Å². The molecule has 0 radical (unpaired) electrons. The first-order chi connectivity index (χ1) is 20.8. The number of anilines is 1. The lowest BCUT2D eigenvalue weighted by Crippen LogP contribution is -2.28. The van der Waals surface area contributed by atoms with Crippen molar-refractivity contribution >= 4 is 81.5 Å². The number of halogens is 4. The van der Waals surface area contributed by atoms with Gasteiger partial charge in [-0.05, 0) is 78.5 Å². The standard InChI is InChI=1S/C30H20Cl3FN4O4S/c31-20-6-11-25(42-17-27(39)36-22-9-7-21(34)8-10-22)19(13-20)14-26-29(40)38(16-23-4-2-12-41-23)30(43-26)37-35-15-18-3-1-5-24(32)28(18)33/h1-15H,16-17H2,(H,36,39)/b26-14-,35-15-,37-30+. The van der Waals surface area contributed by atoms with E-state index in [1.807, 2.05) is 0 Å². The molecular formula is C30H20Cl3FN4O4S. The van der Waals surface area contributed by atoms with E-state index in [0.717, 1.165) is 11.8 Å². The molecule has 2 amide bonds. The molecule has 1 aliphatic rings. The smallest absolute Gasteiger partial charge is 0.267 e. The largest absolute Gasteiger partial charge is 0.483 e. The molecule has 4 aromatic rings. The fourth-order valence-electron chi connectivity index (χ4n) is 3.82. The summed E-state index contributed by atoms with van der Waals surface area (Å²) in [5.41, 5.74) is 1.45. The minimum atomic E-state index is -0.455. The molecule has 5 rings (SSSR count). The minimum Gasteiger partial charge on any atom is -0.483 e. The van der Waals surface area contributed by atoms with Crippen LogP contribution in [0.2, 0.25) is 15.1 Å². The second-order valence-electron chi connectivity index (χ2n) is 8.88. The van der Waals surface area contributed by atoms with Crippen LogP contribution in [0.4, 0.5) is 10.1 Å². The van der Waals surface area contributed by atoms with E-state index in [1.54, 1.807) is 54.6 Å². The van der Waals surface area contributed by atoms with E-state index >= 15 is 0 Å². The van der Waals surface area contributed by atoms with Gasteiger partial charge in [0.25, 0.3) is 11.8 Å². The van der Waals surface area contributed by atoms with Crippen molar-refractivity contribution in [3.8, 4) is 5.75 Å². The molecule has 8 nitrogen and oxygen atoms in total. The number of nitrogens with one attached hydrogen (secondary N) is 1. The van der Waals surface area contributed by atoms with Crippen molar-refractivity contribution in [1.29, 1.82) is 0 Å². The molecule has 0 spiro atoms.